The fraction of sp³-hybridized carbons (Fsp3) is 0.500. The van der Waals surface area contributed by atoms with E-state index in [1.54, 1.807) is 6.20 Å². The van der Waals surface area contributed by atoms with Crippen molar-refractivity contribution in [2.24, 2.45) is 0 Å². The Morgan fingerprint density at radius 3 is 3.00 bits per heavy atom. The second-order valence-corrected chi connectivity index (χ2v) is 3.02. The van der Waals surface area contributed by atoms with Gasteiger partial charge >= 0.3 is 0 Å². The first kappa shape index (κ1) is 9.20. The van der Waals surface area contributed by atoms with E-state index in [0.29, 0.717) is 6.04 Å². The molecule has 0 radical (unpaired) electrons. The minimum absolute atomic E-state index is 0.541. The van der Waals surface area contributed by atoms with E-state index in [1.165, 1.54) is 5.56 Å². The minimum Gasteiger partial charge on any atom is -0.314 e. The van der Waals surface area contributed by atoms with E-state index in [2.05, 4.69) is 30.2 Å². The fourth-order valence-electron chi connectivity index (χ4n) is 1.29. The number of likely N-dealkylation sites (N-methyl/N-ethyl adjacent to an activating group) is 1. The van der Waals surface area contributed by atoms with Crippen molar-refractivity contribution in [3.8, 4) is 0 Å². The predicted molar refractivity (Wildman–Crippen MR) is 51.1 cm³/mol. The molecule has 1 rings (SSSR count). The summed E-state index contributed by atoms with van der Waals surface area (Å²) >= 11 is 0. The fourth-order valence-corrected chi connectivity index (χ4v) is 1.29. The van der Waals surface area contributed by atoms with Gasteiger partial charge in [0.2, 0.25) is 0 Å². The van der Waals surface area contributed by atoms with Crippen LogP contribution in [0.3, 0.4) is 0 Å². The lowest BCUT2D eigenvalue weighted by Crippen LogP contribution is -2.27. The summed E-state index contributed by atoms with van der Waals surface area (Å²) in [6, 6.07) is 4.63. The third-order valence-electron chi connectivity index (χ3n) is 1.82. The van der Waals surface area contributed by atoms with Gasteiger partial charge in [0.25, 0.3) is 0 Å². The van der Waals surface area contributed by atoms with Crippen LogP contribution in [0.25, 0.3) is 0 Å². The molecule has 0 aliphatic heterocycles. The quantitative estimate of drug-likeness (QED) is 0.731. The molecule has 1 aromatic heterocycles. The van der Waals surface area contributed by atoms with E-state index in [4.69, 9.17) is 0 Å². The molecule has 0 fully saturated rings. The van der Waals surface area contributed by atoms with Gasteiger partial charge in [0.1, 0.15) is 0 Å². The van der Waals surface area contributed by atoms with Crippen molar-refractivity contribution in [3.63, 3.8) is 0 Å². The summed E-state index contributed by atoms with van der Waals surface area (Å²) in [5.74, 6) is 0. The molecule has 0 aromatic carbocycles. The van der Waals surface area contributed by atoms with Crippen molar-refractivity contribution in [3.05, 3.63) is 30.1 Å². The third-order valence-corrected chi connectivity index (χ3v) is 1.82. The highest BCUT2D eigenvalue weighted by Crippen LogP contribution is 1.99. The van der Waals surface area contributed by atoms with Crippen molar-refractivity contribution in [2.45, 2.75) is 26.3 Å². The second kappa shape index (κ2) is 4.88. The first-order valence-corrected chi connectivity index (χ1v) is 4.45. The van der Waals surface area contributed by atoms with Crippen LogP contribution in [-0.4, -0.2) is 17.6 Å². The Labute approximate surface area is 74.0 Å². The summed E-state index contributed by atoms with van der Waals surface area (Å²) in [6.45, 7) is 5.34. The van der Waals surface area contributed by atoms with Gasteiger partial charge in [-0.2, -0.15) is 0 Å². The van der Waals surface area contributed by atoms with Crippen LogP contribution in [0, 0.1) is 0 Å². The zero-order valence-electron chi connectivity index (χ0n) is 7.75. The highest BCUT2D eigenvalue weighted by molar-refractivity contribution is 5.09. The van der Waals surface area contributed by atoms with E-state index in [1.807, 2.05) is 12.3 Å². The molecule has 0 spiro atoms. The first-order valence-electron chi connectivity index (χ1n) is 4.45. The van der Waals surface area contributed by atoms with E-state index >= 15 is 0 Å². The molecule has 0 bridgehead atoms. The molecule has 0 aliphatic rings. The molecule has 1 aromatic rings. The van der Waals surface area contributed by atoms with Gasteiger partial charge in [-0.05, 0) is 31.5 Å². The Bertz CT molecular complexity index is 208. The lowest BCUT2D eigenvalue weighted by atomic mass is 10.1. The van der Waals surface area contributed by atoms with Crippen LogP contribution in [0.4, 0.5) is 0 Å². The molecule has 66 valence electrons. The average Bonchev–Trinajstić information content (AvgIpc) is 2.06. The predicted octanol–water partition coefficient (Wildman–Crippen LogP) is 1.62. The average molecular weight is 164 g/mol. The Hall–Kier alpha value is -0.890. The van der Waals surface area contributed by atoms with Crippen LogP contribution >= 0.6 is 0 Å². The van der Waals surface area contributed by atoms with Gasteiger partial charge in [-0.15, -0.1) is 0 Å². The monoisotopic (exact) mass is 164 g/mol. The van der Waals surface area contributed by atoms with Gasteiger partial charge in [0.15, 0.2) is 0 Å². The van der Waals surface area contributed by atoms with Gasteiger partial charge in [-0.1, -0.05) is 13.0 Å². The summed E-state index contributed by atoms with van der Waals surface area (Å²) in [5.41, 5.74) is 1.30. The molecule has 1 heterocycles. The number of nitrogens with zero attached hydrogens (tertiary/aromatic N) is 1. The zero-order valence-corrected chi connectivity index (χ0v) is 7.75. The highest BCUT2D eigenvalue weighted by Gasteiger charge is 2.00. The molecule has 0 amide bonds. The molecule has 0 aliphatic carbocycles. The number of aromatic nitrogens is 1. The van der Waals surface area contributed by atoms with Gasteiger partial charge in [0.05, 0.1) is 0 Å². The SMILES string of the molecule is CCNC(C)Cc1cccnc1. The van der Waals surface area contributed by atoms with Crippen molar-refractivity contribution in [2.75, 3.05) is 6.54 Å². The van der Waals surface area contributed by atoms with Crippen molar-refractivity contribution >= 4 is 0 Å². The molecular weight excluding hydrogens is 148 g/mol. The van der Waals surface area contributed by atoms with E-state index in [-0.39, 0.29) is 0 Å². The number of hydrogen-bond donors (Lipinski definition) is 1. The van der Waals surface area contributed by atoms with Crippen LogP contribution in [0.1, 0.15) is 19.4 Å². The molecule has 0 saturated heterocycles. The number of rotatable bonds is 4. The Kier molecular flexibility index (Phi) is 3.74. The van der Waals surface area contributed by atoms with Gasteiger partial charge in [0, 0.05) is 18.4 Å². The minimum atomic E-state index is 0.541. The molecule has 0 saturated carbocycles. The number of pyridine rings is 1. The molecule has 1 N–H and O–H groups in total. The maximum absolute atomic E-state index is 4.07. The standard InChI is InChI=1S/C10H16N2/c1-3-12-9(2)7-10-5-4-6-11-8-10/h4-6,8-9,12H,3,7H2,1-2H3. The smallest absolute Gasteiger partial charge is 0.0300 e. The molecule has 1 atom stereocenters. The van der Waals surface area contributed by atoms with E-state index < -0.39 is 0 Å². The molecule has 2 heteroatoms. The lowest BCUT2D eigenvalue weighted by molar-refractivity contribution is 0.564. The summed E-state index contributed by atoms with van der Waals surface area (Å²) in [7, 11) is 0. The van der Waals surface area contributed by atoms with E-state index in [9.17, 15) is 0 Å². The lowest BCUT2D eigenvalue weighted by Gasteiger charge is -2.11. The van der Waals surface area contributed by atoms with Crippen LogP contribution in [0.2, 0.25) is 0 Å². The van der Waals surface area contributed by atoms with Gasteiger partial charge in [-0.25, -0.2) is 0 Å². The van der Waals surface area contributed by atoms with Crippen LogP contribution < -0.4 is 5.32 Å². The van der Waals surface area contributed by atoms with Crippen molar-refractivity contribution in [1.29, 1.82) is 0 Å². The van der Waals surface area contributed by atoms with Gasteiger partial charge < -0.3 is 5.32 Å². The highest BCUT2D eigenvalue weighted by atomic mass is 14.9. The van der Waals surface area contributed by atoms with Crippen molar-refractivity contribution in [1.82, 2.24) is 10.3 Å². The second-order valence-electron chi connectivity index (χ2n) is 3.02. The molecule has 12 heavy (non-hydrogen) atoms. The third kappa shape index (κ3) is 3.01. The van der Waals surface area contributed by atoms with Crippen LogP contribution in [0.5, 0.6) is 0 Å². The summed E-state index contributed by atoms with van der Waals surface area (Å²) < 4.78 is 0. The number of hydrogen-bond acceptors (Lipinski definition) is 2. The molecule has 2 nitrogen and oxygen atoms in total. The molecular formula is C10H16N2. The van der Waals surface area contributed by atoms with E-state index in [0.717, 1.165) is 13.0 Å². The van der Waals surface area contributed by atoms with Crippen LogP contribution in [0.15, 0.2) is 24.5 Å². The first-order chi connectivity index (χ1) is 5.83. The zero-order chi connectivity index (χ0) is 8.81. The number of nitrogens with one attached hydrogen (secondary N) is 1. The molecule has 1 unspecified atom stereocenters. The Morgan fingerprint density at radius 2 is 2.42 bits per heavy atom. The van der Waals surface area contributed by atoms with Crippen LogP contribution in [-0.2, 0) is 6.42 Å². The normalized spacial score (nSPS) is 12.8. The van der Waals surface area contributed by atoms with Gasteiger partial charge in [-0.3, -0.25) is 4.98 Å². The summed E-state index contributed by atoms with van der Waals surface area (Å²) in [6.07, 6.45) is 4.79. The van der Waals surface area contributed by atoms with Crippen molar-refractivity contribution < 1.29 is 0 Å². The Morgan fingerprint density at radius 1 is 1.58 bits per heavy atom. The summed E-state index contributed by atoms with van der Waals surface area (Å²) in [5, 5.41) is 3.37. The maximum Gasteiger partial charge on any atom is 0.0300 e. The maximum atomic E-state index is 4.07. The Balaban J connectivity index is 2.41. The summed E-state index contributed by atoms with van der Waals surface area (Å²) in [4.78, 5) is 4.07. The topological polar surface area (TPSA) is 24.9 Å². The largest absolute Gasteiger partial charge is 0.314 e.